The first kappa shape index (κ1) is 14.9. The maximum atomic E-state index is 8.59. The van der Waals surface area contributed by atoms with E-state index in [1.165, 1.54) is 0 Å². The molecule has 1 atom stereocenters. The number of nitrogens with zero attached hydrogens (tertiary/aromatic N) is 2. The summed E-state index contributed by atoms with van der Waals surface area (Å²) in [5.41, 5.74) is 5.64. The SMILES string of the molecule is CC(CN)CN1CCN(CCOCCO)CC1. The molecule has 0 bridgehead atoms. The molecule has 1 aliphatic rings. The van der Waals surface area contributed by atoms with Gasteiger partial charge in [-0.25, -0.2) is 0 Å². The van der Waals surface area contributed by atoms with Crippen molar-refractivity contribution in [1.82, 2.24) is 9.80 Å². The van der Waals surface area contributed by atoms with E-state index in [-0.39, 0.29) is 6.61 Å². The zero-order valence-electron chi connectivity index (χ0n) is 11.0. The molecule has 0 aromatic rings. The molecule has 0 aromatic heterocycles. The molecular formula is C12H27N3O2. The Morgan fingerprint density at radius 1 is 1.18 bits per heavy atom. The average Bonchev–Trinajstić information content (AvgIpc) is 2.36. The van der Waals surface area contributed by atoms with Gasteiger partial charge in [-0.3, -0.25) is 4.90 Å². The summed E-state index contributed by atoms with van der Waals surface area (Å²) in [6, 6.07) is 0. The van der Waals surface area contributed by atoms with Gasteiger partial charge in [-0.05, 0) is 12.5 Å². The van der Waals surface area contributed by atoms with Crippen LogP contribution in [-0.2, 0) is 4.74 Å². The topological polar surface area (TPSA) is 62.0 Å². The van der Waals surface area contributed by atoms with Crippen LogP contribution in [0.2, 0.25) is 0 Å². The van der Waals surface area contributed by atoms with Crippen molar-refractivity contribution in [1.29, 1.82) is 0 Å². The molecule has 0 aliphatic carbocycles. The second-order valence-electron chi connectivity index (χ2n) is 4.82. The number of hydrogen-bond donors (Lipinski definition) is 2. The highest BCUT2D eigenvalue weighted by molar-refractivity contribution is 4.73. The quantitative estimate of drug-likeness (QED) is 0.549. The molecule has 0 saturated carbocycles. The van der Waals surface area contributed by atoms with Gasteiger partial charge in [-0.2, -0.15) is 0 Å². The molecule has 102 valence electrons. The second-order valence-corrected chi connectivity index (χ2v) is 4.82. The molecule has 17 heavy (non-hydrogen) atoms. The number of aliphatic hydroxyl groups excluding tert-OH is 1. The summed E-state index contributed by atoms with van der Waals surface area (Å²) in [6.45, 7) is 10.8. The number of hydrogen-bond acceptors (Lipinski definition) is 5. The van der Waals surface area contributed by atoms with Crippen molar-refractivity contribution >= 4 is 0 Å². The van der Waals surface area contributed by atoms with Crippen molar-refractivity contribution in [3.63, 3.8) is 0 Å². The van der Waals surface area contributed by atoms with E-state index in [9.17, 15) is 0 Å². The largest absolute Gasteiger partial charge is 0.394 e. The first-order valence-corrected chi connectivity index (χ1v) is 6.59. The normalized spacial score (nSPS) is 20.6. The highest BCUT2D eigenvalue weighted by atomic mass is 16.5. The number of piperazine rings is 1. The number of rotatable bonds is 8. The van der Waals surface area contributed by atoms with Crippen LogP contribution in [0.4, 0.5) is 0 Å². The van der Waals surface area contributed by atoms with E-state index in [4.69, 9.17) is 15.6 Å². The molecule has 3 N–H and O–H groups in total. The Bertz CT molecular complexity index is 185. The summed E-state index contributed by atoms with van der Waals surface area (Å²) in [5, 5.41) is 8.59. The van der Waals surface area contributed by atoms with Crippen molar-refractivity contribution in [2.45, 2.75) is 6.92 Å². The summed E-state index contributed by atoms with van der Waals surface area (Å²) in [5.74, 6) is 0.592. The molecule has 5 nitrogen and oxygen atoms in total. The maximum absolute atomic E-state index is 8.59. The summed E-state index contributed by atoms with van der Waals surface area (Å²) >= 11 is 0. The minimum absolute atomic E-state index is 0.116. The second kappa shape index (κ2) is 8.83. The van der Waals surface area contributed by atoms with Crippen molar-refractivity contribution in [2.75, 3.05) is 65.6 Å². The molecule has 5 heteroatoms. The highest BCUT2D eigenvalue weighted by Gasteiger charge is 2.17. The minimum Gasteiger partial charge on any atom is -0.394 e. The lowest BCUT2D eigenvalue weighted by atomic mass is 10.1. The van der Waals surface area contributed by atoms with E-state index in [2.05, 4.69) is 16.7 Å². The molecule has 1 fully saturated rings. The minimum atomic E-state index is 0.116. The first-order valence-electron chi connectivity index (χ1n) is 6.59. The van der Waals surface area contributed by atoms with Gasteiger partial charge in [0, 0.05) is 39.3 Å². The first-order chi connectivity index (χ1) is 8.26. The zero-order chi connectivity index (χ0) is 12.5. The van der Waals surface area contributed by atoms with Crippen LogP contribution >= 0.6 is 0 Å². The van der Waals surface area contributed by atoms with Gasteiger partial charge in [0.1, 0.15) is 0 Å². The van der Waals surface area contributed by atoms with E-state index in [0.29, 0.717) is 12.5 Å². The summed E-state index contributed by atoms with van der Waals surface area (Å²) < 4.78 is 5.27. The molecule has 0 spiro atoms. The van der Waals surface area contributed by atoms with Crippen LogP contribution in [0, 0.1) is 5.92 Å². The van der Waals surface area contributed by atoms with Crippen molar-refractivity contribution in [2.24, 2.45) is 11.7 Å². The van der Waals surface area contributed by atoms with Gasteiger partial charge in [0.25, 0.3) is 0 Å². The molecule has 1 aliphatic heterocycles. The van der Waals surface area contributed by atoms with Gasteiger partial charge in [-0.1, -0.05) is 6.92 Å². The Morgan fingerprint density at radius 3 is 2.41 bits per heavy atom. The zero-order valence-corrected chi connectivity index (χ0v) is 11.0. The van der Waals surface area contributed by atoms with E-state index in [1.807, 2.05) is 0 Å². The van der Waals surface area contributed by atoms with Crippen LogP contribution in [0.5, 0.6) is 0 Å². The number of aliphatic hydroxyl groups is 1. The summed E-state index contributed by atoms with van der Waals surface area (Å²) in [6.07, 6.45) is 0. The van der Waals surface area contributed by atoms with Gasteiger partial charge < -0.3 is 20.5 Å². The van der Waals surface area contributed by atoms with Crippen LogP contribution in [0.3, 0.4) is 0 Å². The van der Waals surface area contributed by atoms with Crippen LogP contribution in [-0.4, -0.2) is 80.5 Å². The third kappa shape index (κ3) is 6.33. The Labute approximate surface area is 105 Å². The number of ether oxygens (including phenoxy) is 1. The van der Waals surface area contributed by atoms with E-state index >= 15 is 0 Å². The lowest BCUT2D eigenvalue weighted by Gasteiger charge is -2.35. The predicted molar refractivity (Wildman–Crippen MR) is 69.0 cm³/mol. The Kier molecular flexibility index (Phi) is 7.72. The molecule has 0 radical (unpaired) electrons. The molecular weight excluding hydrogens is 218 g/mol. The van der Waals surface area contributed by atoms with Gasteiger partial charge in [0.05, 0.1) is 19.8 Å². The molecule has 1 saturated heterocycles. The fourth-order valence-electron chi connectivity index (χ4n) is 2.07. The van der Waals surface area contributed by atoms with Gasteiger partial charge in [-0.15, -0.1) is 0 Å². The van der Waals surface area contributed by atoms with Crippen molar-refractivity contribution < 1.29 is 9.84 Å². The van der Waals surface area contributed by atoms with Crippen molar-refractivity contribution in [3.8, 4) is 0 Å². The molecule has 1 unspecified atom stereocenters. The standard InChI is InChI=1S/C12H27N3O2/c1-12(10-13)11-15-4-2-14(3-5-15)6-8-17-9-7-16/h12,16H,2-11,13H2,1H3. The summed E-state index contributed by atoms with van der Waals surface area (Å²) in [4.78, 5) is 4.91. The van der Waals surface area contributed by atoms with E-state index in [0.717, 1.165) is 52.4 Å². The monoisotopic (exact) mass is 245 g/mol. The molecule has 0 amide bonds. The molecule has 1 rings (SSSR count). The average molecular weight is 245 g/mol. The Morgan fingerprint density at radius 2 is 1.82 bits per heavy atom. The Hall–Kier alpha value is -0.200. The third-order valence-electron chi connectivity index (χ3n) is 3.22. The molecule has 0 aromatic carbocycles. The van der Waals surface area contributed by atoms with Gasteiger partial charge in [0.2, 0.25) is 0 Å². The maximum Gasteiger partial charge on any atom is 0.0698 e. The van der Waals surface area contributed by atoms with Gasteiger partial charge >= 0.3 is 0 Å². The molecule has 1 heterocycles. The van der Waals surface area contributed by atoms with Crippen LogP contribution < -0.4 is 5.73 Å². The smallest absolute Gasteiger partial charge is 0.0698 e. The van der Waals surface area contributed by atoms with Crippen molar-refractivity contribution in [3.05, 3.63) is 0 Å². The Balaban J connectivity index is 2.05. The lowest BCUT2D eigenvalue weighted by molar-refractivity contribution is 0.0555. The fourth-order valence-corrected chi connectivity index (χ4v) is 2.07. The highest BCUT2D eigenvalue weighted by Crippen LogP contribution is 2.04. The number of nitrogens with two attached hydrogens (primary N) is 1. The lowest BCUT2D eigenvalue weighted by Crippen LogP contribution is -2.48. The van der Waals surface area contributed by atoms with Crippen LogP contribution in [0.15, 0.2) is 0 Å². The summed E-state index contributed by atoms with van der Waals surface area (Å²) in [7, 11) is 0. The van der Waals surface area contributed by atoms with Crippen LogP contribution in [0.25, 0.3) is 0 Å². The fraction of sp³-hybridized carbons (Fsp3) is 1.00. The predicted octanol–water partition coefficient (Wildman–Crippen LogP) is -0.792. The van der Waals surface area contributed by atoms with E-state index < -0.39 is 0 Å². The van der Waals surface area contributed by atoms with Crippen LogP contribution in [0.1, 0.15) is 6.92 Å². The third-order valence-corrected chi connectivity index (χ3v) is 3.22. The van der Waals surface area contributed by atoms with Gasteiger partial charge in [0.15, 0.2) is 0 Å². The van der Waals surface area contributed by atoms with E-state index in [1.54, 1.807) is 0 Å².